The first kappa shape index (κ1) is 26.8. The molecule has 8 rings (SSSR count). The molecule has 3 aliphatic carbocycles. The van der Waals surface area contributed by atoms with E-state index in [1.165, 1.54) is 49.9 Å². The highest BCUT2D eigenvalue weighted by atomic mass is 15.2. The van der Waals surface area contributed by atoms with Crippen LogP contribution in [0.4, 0.5) is 11.4 Å². The molecule has 3 heterocycles. The number of hydrogen-bond acceptors (Lipinski definition) is 4. The van der Waals surface area contributed by atoms with Gasteiger partial charge in [0.1, 0.15) is 0 Å². The molecule has 4 nitrogen and oxygen atoms in total. The van der Waals surface area contributed by atoms with E-state index in [1.54, 1.807) is 0 Å². The lowest BCUT2D eigenvalue weighted by Gasteiger charge is -2.35. The molecular weight excluding hydrogens is 536 g/mol. The van der Waals surface area contributed by atoms with E-state index in [9.17, 15) is 0 Å². The van der Waals surface area contributed by atoms with Crippen LogP contribution in [0.3, 0.4) is 0 Å². The van der Waals surface area contributed by atoms with Gasteiger partial charge < -0.3 is 4.90 Å². The molecule has 0 radical (unpaired) electrons. The molecule has 0 bridgehead atoms. The van der Waals surface area contributed by atoms with E-state index >= 15 is 0 Å². The van der Waals surface area contributed by atoms with Crippen LogP contribution in [0.5, 0.6) is 0 Å². The third-order valence-electron chi connectivity index (χ3n) is 9.20. The van der Waals surface area contributed by atoms with E-state index in [0.29, 0.717) is 0 Å². The SMILES string of the molecule is CC1=CC(C2=CCC(C)=NC(C3=CC(N4c5ccncc5-c5cc(C6=CCCC=C6)cc6cccc4c56)=CCC3)=N2)=CCC1. The molecule has 2 aliphatic heterocycles. The van der Waals surface area contributed by atoms with Crippen molar-refractivity contribution < 1.29 is 0 Å². The molecule has 0 fully saturated rings. The summed E-state index contributed by atoms with van der Waals surface area (Å²) >= 11 is 0. The van der Waals surface area contributed by atoms with Crippen molar-refractivity contribution in [1.29, 1.82) is 0 Å². The van der Waals surface area contributed by atoms with Gasteiger partial charge in [0.25, 0.3) is 0 Å². The van der Waals surface area contributed by atoms with Crippen molar-refractivity contribution in [3.05, 3.63) is 131 Å². The van der Waals surface area contributed by atoms with Gasteiger partial charge in [-0.2, -0.15) is 0 Å². The number of fused-ring (bicyclic) bond motifs is 2. The number of allylic oxidation sites excluding steroid dienone is 10. The first-order chi connectivity index (χ1) is 21.6. The number of amidine groups is 1. The van der Waals surface area contributed by atoms with E-state index in [1.807, 2.05) is 12.4 Å². The van der Waals surface area contributed by atoms with Gasteiger partial charge in [-0.05, 0) is 116 Å². The van der Waals surface area contributed by atoms with Crippen LogP contribution < -0.4 is 4.90 Å². The Morgan fingerprint density at radius 2 is 1.68 bits per heavy atom. The molecule has 0 spiro atoms. The first-order valence-corrected chi connectivity index (χ1v) is 15.9. The van der Waals surface area contributed by atoms with Crippen LogP contribution in [0.15, 0.2) is 135 Å². The topological polar surface area (TPSA) is 40.9 Å². The number of aliphatic imine (C=N–C) groups is 2. The van der Waals surface area contributed by atoms with Crippen LogP contribution in [0.1, 0.15) is 64.4 Å². The van der Waals surface area contributed by atoms with E-state index in [4.69, 9.17) is 9.98 Å². The third-order valence-corrected chi connectivity index (χ3v) is 9.20. The van der Waals surface area contributed by atoms with Crippen molar-refractivity contribution in [3.8, 4) is 11.1 Å². The van der Waals surface area contributed by atoms with Gasteiger partial charge in [0, 0.05) is 41.2 Å². The van der Waals surface area contributed by atoms with E-state index in [0.717, 1.165) is 79.1 Å². The molecular formula is C40H36N4. The Balaban J connectivity index is 1.24. The minimum atomic E-state index is 0.822. The molecule has 2 aromatic carbocycles. The van der Waals surface area contributed by atoms with E-state index in [2.05, 4.69) is 109 Å². The molecule has 4 heteroatoms. The largest absolute Gasteiger partial charge is 0.309 e. The molecule has 3 aromatic rings. The molecule has 0 atom stereocenters. The Morgan fingerprint density at radius 3 is 2.57 bits per heavy atom. The predicted octanol–water partition coefficient (Wildman–Crippen LogP) is 10.5. The second-order valence-corrected chi connectivity index (χ2v) is 12.4. The van der Waals surface area contributed by atoms with Gasteiger partial charge in [-0.25, -0.2) is 9.98 Å². The van der Waals surface area contributed by atoms with Crippen LogP contribution in [-0.2, 0) is 0 Å². The van der Waals surface area contributed by atoms with Crippen LogP contribution in [0.25, 0.3) is 27.5 Å². The maximum absolute atomic E-state index is 5.20. The van der Waals surface area contributed by atoms with E-state index in [-0.39, 0.29) is 0 Å². The Morgan fingerprint density at radius 1 is 0.773 bits per heavy atom. The molecule has 0 amide bonds. The van der Waals surface area contributed by atoms with Crippen LogP contribution >= 0.6 is 0 Å². The van der Waals surface area contributed by atoms with Gasteiger partial charge in [0.15, 0.2) is 5.84 Å². The zero-order valence-corrected chi connectivity index (χ0v) is 25.5. The highest BCUT2D eigenvalue weighted by Gasteiger charge is 2.29. The molecule has 44 heavy (non-hydrogen) atoms. The summed E-state index contributed by atoms with van der Waals surface area (Å²) in [5.74, 6) is 0.846. The van der Waals surface area contributed by atoms with Gasteiger partial charge in [0.05, 0.1) is 17.1 Å². The third kappa shape index (κ3) is 4.75. The fraction of sp³-hybridized carbons (Fsp3) is 0.225. The average molecular weight is 573 g/mol. The smallest absolute Gasteiger partial charge is 0.155 e. The van der Waals surface area contributed by atoms with Crippen molar-refractivity contribution in [2.45, 2.75) is 58.8 Å². The second-order valence-electron chi connectivity index (χ2n) is 12.4. The minimum absolute atomic E-state index is 0.822. The van der Waals surface area contributed by atoms with Gasteiger partial charge in [-0.15, -0.1) is 0 Å². The Kier molecular flexibility index (Phi) is 6.71. The summed E-state index contributed by atoms with van der Waals surface area (Å²) in [4.78, 5) is 17.3. The van der Waals surface area contributed by atoms with Crippen LogP contribution in [-0.4, -0.2) is 16.5 Å². The lowest BCUT2D eigenvalue weighted by atomic mass is 9.87. The number of anilines is 2. The summed E-state index contributed by atoms with van der Waals surface area (Å²) in [5, 5.41) is 2.53. The van der Waals surface area contributed by atoms with Crippen molar-refractivity contribution >= 4 is 39.3 Å². The van der Waals surface area contributed by atoms with Gasteiger partial charge in [0.2, 0.25) is 0 Å². The fourth-order valence-corrected chi connectivity index (χ4v) is 7.03. The summed E-state index contributed by atoms with van der Waals surface area (Å²) in [6.45, 7) is 4.33. The summed E-state index contributed by atoms with van der Waals surface area (Å²) in [5.41, 5.74) is 14.5. The van der Waals surface area contributed by atoms with Crippen molar-refractivity contribution in [2.24, 2.45) is 9.98 Å². The standard InChI is InChI=1S/C40H36N4/c1-26-9-6-12-29(21-26)36-18-17-27(2)42-40(43-36)31-14-7-15-33(23-31)44-37-19-20-41-25-35(37)34-24-32(28-10-4-3-5-11-28)22-30-13-8-16-38(44)39(30)34/h4,8,10-13,15-16,18-25H,3,5-7,9,14,17H2,1-2H3. The first-order valence-electron chi connectivity index (χ1n) is 15.9. The number of benzene rings is 2. The van der Waals surface area contributed by atoms with Gasteiger partial charge >= 0.3 is 0 Å². The van der Waals surface area contributed by atoms with Gasteiger partial charge in [-0.1, -0.05) is 60.2 Å². The lowest BCUT2D eigenvalue weighted by Crippen LogP contribution is -2.21. The molecule has 216 valence electrons. The number of hydrogen-bond donors (Lipinski definition) is 0. The normalized spacial score (nSPS) is 19.5. The monoisotopic (exact) mass is 572 g/mol. The summed E-state index contributed by atoms with van der Waals surface area (Å²) < 4.78 is 0. The number of rotatable bonds is 4. The highest BCUT2D eigenvalue weighted by Crippen LogP contribution is 2.50. The number of pyridine rings is 1. The Bertz CT molecular complexity index is 2000. The molecule has 5 aliphatic rings. The van der Waals surface area contributed by atoms with Crippen LogP contribution in [0.2, 0.25) is 0 Å². The summed E-state index contributed by atoms with van der Waals surface area (Å²) in [6.07, 6.45) is 29.5. The van der Waals surface area contributed by atoms with Crippen molar-refractivity contribution in [2.75, 3.05) is 4.90 Å². The molecule has 0 unspecified atom stereocenters. The highest BCUT2D eigenvalue weighted by molar-refractivity contribution is 6.14. The predicted molar refractivity (Wildman–Crippen MR) is 185 cm³/mol. The number of aromatic nitrogens is 1. The van der Waals surface area contributed by atoms with E-state index < -0.39 is 0 Å². The summed E-state index contributed by atoms with van der Waals surface area (Å²) in [6, 6.07) is 13.6. The Labute approximate surface area is 259 Å². The molecule has 0 saturated carbocycles. The second kappa shape index (κ2) is 11.0. The summed E-state index contributed by atoms with van der Waals surface area (Å²) in [7, 11) is 0. The Hall–Kier alpha value is -4.83. The molecule has 1 aromatic heterocycles. The quantitative estimate of drug-likeness (QED) is 0.312. The van der Waals surface area contributed by atoms with Crippen LogP contribution in [0, 0.1) is 0 Å². The number of nitrogens with zero attached hydrogens (tertiary/aromatic N) is 4. The molecule has 0 N–H and O–H groups in total. The van der Waals surface area contributed by atoms with Crippen molar-refractivity contribution in [3.63, 3.8) is 0 Å². The minimum Gasteiger partial charge on any atom is -0.309 e. The maximum Gasteiger partial charge on any atom is 0.155 e. The molecule has 0 saturated heterocycles. The van der Waals surface area contributed by atoms with Gasteiger partial charge in [-0.3, -0.25) is 4.98 Å². The lowest BCUT2D eigenvalue weighted by molar-refractivity contribution is 0.944. The zero-order chi connectivity index (χ0) is 29.6. The van der Waals surface area contributed by atoms with Crippen molar-refractivity contribution in [1.82, 2.24) is 4.98 Å². The fourth-order valence-electron chi connectivity index (χ4n) is 7.03. The average Bonchev–Trinajstić information content (AvgIpc) is 3.27. The maximum atomic E-state index is 5.20. The zero-order valence-electron chi connectivity index (χ0n) is 25.5.